The number of non-ortho nitro benzene ring substituents is 1. The van der Waals surface area contributed by atoms with Crippen molar-refractivity contribution in [1.29, 1.82) is 0 Å². The molecule has 2 aromatic rings. The van der Waals surface area contributed by atoms with Crippen molar-refractivity contribution < 1.29 is 37.2 Å². The van der Waals surface area contributed by atoms with Gasteiger partial charge in [0.15, 0.2) is 12.7 Å². The number of carbonyl (C=O) groups excluding carboxylic acids is 2. The van der Waals surface area contributed by atoms with Gasteiger partial charge in [0.2, 0.25) is 0 Å². The zero-order chi connectivity index (χ0) is 25.0. The standard InChI is InChI=1S/C22H23F3N2O6/c1-13(33-19(28)12-32-16-8-5-14(6-9-16)21(2,3)4)20(29)26-18-10-7-15(27(30)31)11-17(18)22(23,24)25/h5-11,13H,12H2,1-4H3,(H,26,29). The van der Waals surface area contributed by atoms with Crippen molar-refractivity contribution in [3.05, 3.63) is 63.7 Å². The molecule has 0 aliphatic carbocycles. The number of benzene rings is 2. The summed E-state index contributed by atoms with van der Waals surface area (Å²) in [7, 11) is 0. The molecule has 1 atom stereocenters. The summed E-state index contributed by atoms with van der Waals surface area (Å²) in [5.41, 5.74) is -1.88. The highest BCUT2D eigenvalue weighted by Gasteiger charge is 2.36. The lowest BCUT2D eigenvalue weighted by atomic mass is 9.87. The highest BCUT2D eigenvalue weighted by Crippen LogP contribution is 2.37. The average Bonchev–Trinajstić information content (AvgIpc) is 2.71. The zero-order valence-electron chi connectivity index (χ0n) is 18.4. The Morgan fingerprint density at radius 1 is 1.09 bits per heavy atom. The van der Waals surface area contributed by atoms with E-state index in [0.29, 0.717) is 11.8 Å². The highest BCUT2D eigenvalue weighted by molar-refractivity contribution is 5.96. The monoisotopic (exact) mass is 468 g/mol. The van der Waals surface area contributed by atoms with E-state index in [2.05, 4.69) is 0 Å². The van der Waals surface area contributed by atoms with E-state index in [9.17, 15) is 32.9 Å². The smallest absolute Gasteiger partial charge is 0.418 e. The number of nitro benzene ring substituents is 1. The lowest BCUT2D eigenvalue weighted by molar-refractivity contribution is -0.385. The number of carbonyl (C=O) groups is 2. The molecule has 1 amide bonds. The van der Waals surface area contributed by atoms with Crippen LogP contribution in [0.2, 0.25) is 0 Å². The lowest BCUT2D eigenvalue weighted by Gasteiger charge is -2.19. The normalized spacial score (nSPS) is 12.6. The number of nitrogens with one attached hydrogen (secondary N) is 1. The maximum Gasteiger partial charge on any atom is 0.418 e. The third kappa shape index (κ3) is 7.19. The Morgan fingerprint density at radius 3 is 2.21 bits per heavy atom. The van der Waals surface area contributed by atoms with Crippen LogP contribution in [0.3, 0.4) is 0 Å². The second kappa shape index (κ2) is 9.88. The van der Waals surface area contributed by atoms with Gasteiger partial charge in [-0.15, -0.1) is 0 Å². The van der Waals surface area contributed by atoms with Gasteiger partial charge in [-0.25, -0.2) is 4.79 Å². The van der Waals surface area contributed by atoms with Gasteiger partial charge in [-0.05, 0) is 36.1 Å². The third-order valence-corrected chi connectivity index (χ3v) is 4.53. The van der Waals surface area contributed by atoms with Gasteiger partial charge in [-0.3, -0.25) is 14.9 Å². The summed E-state index contributed by atoms with van der Waals surface area (Å²) in [5.74, 6) is -1.55. The van der Waals surface area contributed by atoms with Crippen LogP contribution in [0.4, 0.5) is 24.5 Å². The van der Waals surface area contributed by atoms with Gasteiger partial charge in [0.25, 0.3) is 11.6 Å². The first-order chi connectivity index (χ1) is 15.2. The number of esters is 1. The molecule has 0 bridgehead atoms. The number of halogens is 3. The minimum Gasteiger partial charge on any atom is -0.482 e. The van der Waals surface area contributed by atoms with Crippen molar-refractivity contribution >= 4 is 23.3 Å². The first kappa shape index (κ1) is 25.6. The van der Waals surface area contributed by atoms with Gasteiger partial charge in [0.05, 0.1) is 16.2 Å². The molecule has 1 N–H and O–H groups in total. The van der Waals surface area contributed by atoms with Crippen LogP contribution in [0, 0.1) is 10.1 Å². The number of anilines is 1. The molecule has 0 aliphatic heterocycles. The van der Waals surface area contributed by atoms with E-state index in [4.69, 9.17) is 9.47 Å². The van der Waals surface area contributed by atoms with Crippen LogP contribution in [-0.4, -0.2) is 29.5 Å². The third-order valence-electron chi connectivity index (χ3n) is 4.53. The van der Waals surface area contributed by atoms with E-state index in [1.54, 1.807) is 12.1 Å². The molecule has 33 heavy (non-hydrogen) atoms. The SMILES string of the molecule is CC(OC(=O)COc1ccc(C(C)(C)C)cc1)C(=O)Nc1ccc([N+](=O)[O-])cc1C(F)(F)F. The second-order valence-electron chi connectivity index (χ2n) is 8.17. The van der Waals surface area contributed by atoms with Crippen molar-refractivity contribution in [2.75, 3.05) is 11.9 Å². The second-order valence-corrected chi connectivity index (χ2v) is 8.17. The number of rotatable bonds is 7. The summed E-state index contributed by atoms with van der Waals surface area (Å²) < 4.78 is 49.9. The van der Waals surface area contributed by atoms with Crippen LogP contribution >= 0.6 is 0 Å². The van der Waals surface area contributed by atoms with E-state index >= 15 is 0 Å². The summed E-state index contributed by atoms with van der Waals surface area (Å²) in [4.78, 5) is 34.0. The molecule has 1 unspecified atom stereocenters. The zero-order valence-corrected chi connectivity index (χ0v) is 18.4. The number of amides is 1. The van der Waals surface area contributed by atoms with Crippen LogP contribution in [-0.2, 0) is 25.9 Å². The number of nitrogens with zero attached hydrogens (tertiary/aromatic N) is 1. The molecule has 0 saturated heterocycles. The van der Waals surface area contributed by atoms with Gasteiger partial charge >= 0.3 is 12.1 Å². The largest absolute Gasteiger partial charge is 0.482 e. The van der Waals surface area contributed by atoms with Crippen LogP contribution in [0.25, 0.3) is 0 Å². The molecule has 0 saturated carbocycles. The predicted molar refractivity (Wildman–Crippen MR) is 113 cm³/mol. The quantitative estimate of drug-likeness (QED) is 0.353. The Bertz CT molecular complexity index is 1030. The Kier molecular flexibility index (Phi) is 7.68. The van der Waals surface area contributed by atoms with Crippen molar-refractivity contribution in [2.45, 2.75) is 45.4 Å². The molecule has 0 aliphatic rings. The van der Waals surface area contributed by atoms with Gasteiger partial charge < -0.3 is 14.8 Å². The summed E-state index contributed by atoms with van der Waals surface area (Å²) >= 11 is 0. The fourth-order valence-corrected chi connectivity index (χ4v) is 2.70. The molecular weight excluding hydrogens is 445 g/mol. The number of alkyl halides is 3. The van der Waals surface area contributed by atoms with E-state index in [1.165, 1.54) is 6.92 Å². The van der Waals surface area contributed by atoms with Crippen molar-refractivity contribution in [1.82, 2.24) is 0 Å². The topological polar surface area (TPSA) is 108 Å². The molecule has 11 heteroatoms. The van der Waals surface area contributed by atoms with E-state index in [1.807, 2.05) is 38.2 Å². The predicted octanol–water partition coefficient (Wildman–Crippen LogP) is 4.86. The Balaban J connectivity index is 1.97. The van der Waals surface area contributed by atoms with Gasteiger partial charge in [-0.1, -0.05) is 32.9 Å². The molecule has 0 aromatic heterocycles. The summed E-state index contributed by atoms with van der Waals surface area (Å²) in [6.45, 7) is 6.78. The number of hydrogen-bond acceptors (Lipinski definition) is 6. The van der Waals surface area contributed by atoms with E-state index < -0.39 is 52.6 Å². The molecule has 0 radical (unpaired) electrons. The molecule has 178 valence electrons. The number of hydrogen-bond donors (Lipinski definition) is 1. The van der Waals surface area contributed by atoms with Crippen molar-refractivity contribution in [3.63, 3.8) is 0 Å². The summed E-state index contributed by atoms with van der Waals surface area (Å²) in [6.07, 6.45) is -6.40. The van der Waals surface area contributed by atoms with Crippen LogP contribution in [0.5, 0.6) is 5.75 Å². The molecule has 0 fully saturated rings. The minimum atomic E-state index is -4.95. The fourth-order valence-electron chi connectivity index (χ4n) is 2.70. The first-order valence-corrected chi connectivity index (χ1v) is 9.78. The first-order valence-electron chi connectivity index (χ1n) is 9.78. The van der Waals surface area contributed by atoms with E-state index in [0.717, 1.165) is 17.7 Å². The Morgan fingerprint density at radius 2 is 1.70 bits per heavy atom. The van der Waals surface area contributed by atoms with Gasteiger partial charge in [0, 0.05) is 12.1 Å². The Hall–Kier alpha value is -3.63. The molecule has 2 aromatic carbocycles. The molecule has 2 rings (SSSR count). The van der Waals surface area contributed by atoms with Crippen molar-refractivity contribution in [3.8, 4) is 5.75 Å². The van der Waals surface area contributed by atoms with Crippen LogP contribution in [0.15, 0.2) is 42.5 Å². The summed E-state index contributed by atoms with van der Waals surface area (Å²) in [5, 5.41) is 12.7. The number of ether oxygens (including phenoxy) is 2. The maximum atomic E-state index is 13.2. The Labute approximate surface area is 187 Å². The van der Waals surface area contributed by atoms with Crippen LogP contribution in [0.1, 0.15) is 38.8 Å². The van der Waals surface area contributed by atoms with Gasteiger partial charge in [-0.2, -0.15) is 13.2 Å². The van der Waals surface area contributed by atoms with Crippen LogP contribution < -0.4 is 10.1 Å². The van der Waals surface area contributed by atoms with Crippen molar-refractivity contribution in [2.24, 2.45) is 0 Å². The highest BCUT2D eigenvalue weighted by atomic mass is 19.4. The lowest BCUT2D eigenvalue weighted by Crippen LogP contribution is -2.32. The van der Waals surface area contributed by atoms with E-state index in [-0.39, 0.29) is 5.41 Å². The molecule has 8 nitrogen and oxygen atoms in total. The molecule has 0 heterocycles. The molecular formula is C22H23F3N2O6. The fraction of sp³-hybridized carbons (Fsp3) is 0.364. The molecule has 0 spiro atoms. The minimum absolute atomic E-state index is 0.0596. The average molecular weight is 468 g/mol. The maximum absolute atomic E-state index is 13.2. The number of nitro groups is 1. The summed E-state index contributed by atoms with van der Waals surface area (Å²) in [6, 6.07) is 8.94. The van der Waals surface area contributed by atoms with Gasteiger partial charge in [0.1, 0.15) is 5.75 Å².